The minimum absolute atomic E-state index is 0.100. The fourth-order valence-corrected chi connectivity index (χ4v) is 3.95. The number of aromatic nitrogens is 1. The number of anilines is 1. The molecule has 0 radical (unpaired) electrons. The summed E-state index contributed by atoms with van der Waals surface area (Å²) in [5, 5.41) is 2.93. The van der Waals surface area contributed by atoms with Crippen LogP contribution in [0.5, 0.6) is 0 Å². The molecule has 1 saturated carbocycles. The van der Waals surface area contributed by atoms with Gasteiger partial charge in [0, 0.05) is 16.6 Å². The molecule has 0 bridgehead atoms. The average Bonchev–Trinajstić information content (AvgIpc) is 2.90. The summed E-state index contributed by atoms with van der Waals surface area (Å²) in [5.41, 5.74) is 3.29. The maximum atomic E-state index is 12.5. The van der Waals surface area contributed by atoms with E-state index in [0.29, 0.717) is 4.83 Å². The van der Waals surface area contributed by atoms with Crippen LogP contribution in [-0.2, 0) is 10.2 Å². The van der Waals surface area contributed by atoms with Crippen LogP contribution in [0.3, 0.4) is 0 Å². The number of hydrogen-bond donors (Lipinski definition) is 1. The van der Waals surface area contributed by atoms with Crippen molar-refractivity contribution in [3.05, 3.63) is 47.2 Å². The number of rotatable bonds is 0. The summed E-state index contributed by atoms with van der Waals surface area (Å²) >= 11 is 3.63. The molecule has 3 nitrogen and oxygen atoms in total. The molecule has 2 unspecified atom stereocenters. The van der Waals surface area contributed by atoms with E-state index in [-0.39, 0.29) is 5.91 Å². The lowest BCUT2D eigenvalue weighted by molar-refractivity contribution is -0.120. The number of carbonyl (C=O) groups is 1. The van der Waals surface area contributed by atoms with Gasteiger partial charge in [0.1, 0.15) is 5.82 Å². The van der Waals surface area contributed by atoms with Gasteiger partial charge in [-0.25, -0.2) is 4.98 Å². The molecular weight excluding hydrogens is 304 g/mol. The largest absolute Gasteiger partial charge is 0.310 e. The Hall–Kier alpha value is -1.42. The monoisotopic (exact) mass is 316 g/mol. The molecule has 2 aliphatic carbocycles. The van der Waals surface area contributed by atoms with Crippen LogP contribution in [-0.4, -0.2) is 15.7 Å². The summed E-state index contributed by atoms with van der Waals surface area (Å²) in [6.45, 7) is 0. The molecule has 19 heavy (non-hydrogen) atoms. The Morgan fingerprint density at radius 3 is 3.11 bits per heavy atom. The maximum absolute atomic E-state index is 12.5. The molecule has 0 saturated heterocycles. The van der Waals surface area contributed by atoms with Crippen LogP contribution in [0, 0.1) is 0 Å². The van der Waals surface area contributed by atoms with E-state index in [1.165, 1.54) is 11.1 Å². The number of halogens is 1. The molecule has 4 rings (SSSR count). The van der Waals surface area contributed by atoms with E-state index in [4.69, 9.17) is 0 Å². The van der Waals surface area contributed by atoms with Crippen molar-refractivity contribution in [2.24, 2.45) is 0 Å². The van der Waals surface area contributed by atoms with Crippen molar-refractivity contribution in [3.63, 3.8) is 0 Å². The van der Waals surface area contributed by atoms with Gasteiger partial charge in [0.05, 0.1) is 5.41 Å². The Bertz CT molecular complexity index is 649. The molecule has 2 atom stereocenters. The second kappa shape index (κ2) is 3.79. The third-order valence-electron chi connectivity index (χ3n) is 4.36. The van der Waals surface area contributed by atoms with Crippen molar-refractivity contribution < 1.29 is 4.79 Å². The van der Waals surface area contributed by atoms with E-state index in [9.17, 15) is 4.79 Å². The van der Waals surface area contributed by atoms with Gasteiger partial charge in [-0.15, -0.1) is 0 Å². The first-order valence-electron chi connectivity index (χ1n) is 6.50. The first-order chi connectivity index (χ1) is 9.19. The number of hydrogen-bond acceptors (Lipinski definition) is 2. The van der Waals surface area contributed by atoms with Gasteiger partial charge in [-0.2, -0.15) is 0 Å². The molecule has 1 aromatic heterocycles. The van der Waals surface area contributed by atoms with Gasteiger partial charge in [-0.3, -0.25) is 4.79 Å². The molecule has 3 aliphatic rings. The fourth-order valence-electron chi connectivity index (χ4n) is 3.44. The van der Waals surface area contributed by atoms with E-state index in [0.717, 1.165) is 30.6 Å². The quantitative estimate of drug-likeness (QED) is 0.747. The minimum Gasteiger partial charge on any atom is -0.310 e. The minimum atomic E-state index is -0.418. The van der Waals surface area contributed by atoms with Crippen molar-refractivity contribution >= 4 is 27.7 Å². The zero-order chi connectivity index (χ0) is 13.0. The van der Waals surface area contributed by atoms with Crippen molar-refractivity contribution in [2.45, 2.75) is 29.5 Å². The van der Waals surface area contributed by atoms with Crippen molar-refractivity contribution in [2.75, 3.05) is 5.32 Å². The topological polar surface area (TPSA) is 42.0 Å². The first-order valence-corrected chi connectivity index (χ1v) is 7.42. The molecule has 96 valence electrons. The van der Waals surface area contributed by atoms with Gasteiger partial charge in [-0.1, -0.05) is 34.1 Å². The van der Waals surface area contributed by atoms with Crippen LogP contribution in [0.15, 0.2) is 41.6 Å². The molecule has 1 aliphatic heterocycles. The Morgan fingerprint density at radius 2 is 2.21 bits per heavy atom. The zero-order valence-corrected chi connectivity index (χ0v) is 11.9. The highest BCUT2D eigenvalue weighted by Crippen LogP contribution is 2.53. The maximum Gasteiger partial charge on any atom is 0.237 e. The third kappa shape index (κ3) is 1.49. The zero-order valence-electron chi connectivity index (χ0n) is 10.3. The second-order valence-corrected chi connectivity index (χ2v) is 6.64. The molecule has 1 spiro atoms. The molecule has 2 heterocycles. The van der Waals surface area contributed by atoms with E-state index in [1.54, 1.807) is 6.20 Å². The Kier molecular flexibility index (Phi) is 2.28. The van der Waals surface area contributed by atoms with Crippen LogP contribution in [0.2, 0.25) is 0 Å². The standard InChI is InChI=1S/C15H13BrN2O/c16-11-4-3-9-7-15(8-10(9)6-11)12-2-1-5-17-13(12)18-14(15)19/h1-3,5-6,11H,4,7-8H2,(H,17,18,19). The first kappa shape index (κ1) is 11.4. The number of pyridine rings is 1. The highest BCUT2D eigenvalue weighted by Gasteiger charge is 2.52. The van der Waals surface area contributed by atoms with Gasteiger partial charge in [0.15, 0.2) is 0 Å². The van der Waals surface area contributed by atoms with Crippen molar-refractivity contribution in [3.8, 4) is 0 Å². The predicted octanol–water partition coefficient (Wildman–Crippen LogP) is 3.09. The SMILES string of the molecule is O=C1Nc2ncccc2C12CC1=CCC(Br)C=C1C2. The lowest BCUT2D eigenvalue weighted by Gasteiger charge is -2.19. The number of amides is 1. The second-order valence-electron chi connectivity index (χ2n) is 5.46. The molecule has 1 amide bonds. The van der Waals surface area contributed by atoms with E-state index in [2.05, 4.69) is 38.4 Å². The van der Waals surface area contributed by atoms with Gasteiger partial charge in [0.2, 0.25) is 5.91 Å². The number of nitrogens with zero attached hydrogens (tertiary/aromatic N) is 1. The molecule has 0 aromatic carbocycles. The number of alkyl halides is 1. The Balaban J connectivity index is 1.85. The smallest absolute Gasteiger partial charge is 0.237 e. The summed E-state index contributed by atoms with van der Waals surface area (Å²) in [4.78, 5) is 17.1. The molecule has 1 aromatic rings. The number of allylic oxidation sites excluding steroid dienone is 4. The van der Waals surface area contributed by atoms with E-state index < -0.39 is 5.41 Å². The molecule has 4 heteroatoms. The molecular formula is C15H13BrN2O. The highest BCUT2D eigenvalue weighted by atomic mass is 79.9. The fraction of sp³-hybridized carbons (Fsp3) is 0.333. The summed E-state index contributed by atoms with van der Waals surface area (Å²) in [5.74, 6) is 0.839. The van der Waals surface area contributed by atoms with Crippen molar-refractivity contribution in [1.29, 1.82) is 0 Å². The summed E-state index contributed by atoms with van der Waals surface area (Å²) in [6.07, 6.45) is 8.87. The predicted molar refractivity (Wildman–Crippen MR) is 77.3 cm³/mol. The van der Waals surface area contributed by atoms with Gasteiger partial charge in [-0.05, 0) is 36.5 Å². The van der Waals surface area contributed by atoms with Gasteiger partial charge in [0.25, 0.3) is 0 Å². The van der Waals surface area contributed by atoms with Gasteiger partial charge < -0.3 is 5.32 Å². The molecule has 1 N–H and O–H groups in total. The van der Waals surface area contributed by atoms with Gasteiger partial charge >= 0.3 is 0 Å². The third-order valence-corrected chi connectivity index (χ3v) is 5.00. The molecule has 1 fully saturated rings. The number of nitrogens with one attached hydrogen (secondary N) is 1. The highest BCUT2D eigenvalue weighted by molar-refractivity contribution is 9.09. The van der Waals surface area contributed by atoms with Crippen LogP contribution >= 0.6 is 15.9 Å². The average molecular weight is 317 g/mol. The Morgan fingerprint density at radius 1 is 1.37 bits per heavy atom. The van der Waals surface area contributed by atoms with Crippen LogP contribution in [0.4, 0.5) is 5.82 Å². The van der Waals surface area contributed by atoms with Crippen LogP contribution in [0.1, 0.15) is 24.8 Å². The Labute approximate surface area is 119 Å². The van der Waals surface area contributed by atoms with Crippen molar-refractivity contribution in [1.82, 2.24) is 4.98 Å². The lowest BCUT2D eigenvalue weighted by Crippen LogP contribution is -2.31. The summed E-state index contributed by atoms with van der Waals surface area (Å²) in [6, 6.07) is 3.95. The summed E-state index contributed by atoms with van der Waals surface area (Å²) in [7, 11) is 0. The number of fused-ring (bicyclic) bond motifs is 3. The van der Waals surface area contributed by atoms with Crippen LogP contribution in [0.25, 0.3) is 0 Å². The van der Waals surface area contributed by atoms with Crippen LogP contribution < -0.4 is 5.32 Å². The number of carbonyl (C=O) groups excluding carboxylic acids is 1. The normalized spacial score (nSPS) is 31.6. The van der Waals surface area contributed by atoms with E-state index >= 15 is 0 Å². The summed E-state index contributed by atoms with van der Waals surface area (Å²) < 4.78 is 0. The lowest BCUT2D eigenvalue weighted by atomic mass is 9.80. The van der Waals surface area contributed by atoms with E-state index in [1.807, 2.05) is 12.1 Å².